The number of hydrogen-bond donors (Lipinski definition) is 0. The number of sulfone groups is 1. The van der Waals surface area contributed by atoms with Crippen LogP contribution in [0.5, 0.6) is 11.5 Å². The molecule has 2 rings (SSSR count). The van der Waals surface area contributed by atoms with Crippen molar-refractivity contribution in [2.24, 2.45) is 5.92 Å². The van der Waals surface area contributed by atoms with Crippen molar-refractivity contribution >= 4 is 21.8 Å². The third-order valence-corrected chi connectivity index (χ3v) is 5.43. The molecule has 0 unspecified atom stereocenters. The van der Waals surface area contributed by atoms with Gasteiger partial charge in [-0.2, -0.15) is 0 Å². The molecule has 0 aliphatic carbocycles. The lowest BCUT2D eigenvalue weighted by Gasteiger charge is -2.12. The average Bonchev–Trinajstić information content (AvgIpc) is 2.85. The fourth-order valence-corrected chi connectivity index (χ4v) is 4.29. The van der Waals surface area contributed by atoms with Gasteiger partial charge in [0.1, 0.15) is 17.1 Å². The molecule has 0 amide bonds. The Hall–Kier alpha value is -2.09. The molecule has 0 N–H and O–H groups in total. The van der Waals surface area contributed by atoms with Crippen molar-refractivity contribution < 1.29 is 32.2 Å². The number of esters is 2. The number of carbonyl (C=O) groups is 2. The maximum Gasteiger partial charge on any atom is 0.341 e. The highest BCUT2D eigenvalue weighted by atomic mass is 32.2. The Morgan fingerprint density at radius 3 is 2.57 bits per heavy atom. The number of ether oxygens (including phenoxy) is 3. The Morgan fingerprint density at radius 1 is 1.26 bits per heavy atom. The van der Waals surface area contributed by atoms with E-state index in [1.54, 1.807) is 6.07 Å². The van der Waals surface area contributed by atoms with Gasteiger partial charge in [0.15, 0.2) is 9.84 Å². The minimum atomic E-state index is -3.05. The van der Waals surface area contributed by atoms with Crippen molar-refractivity contribution in [2.75, 3.05) is 25.7 Å². The molecule has 0 saturated carbocycles. The fourth-order valence-electron chi connectivity index (χ4n) is 2.43. The van der Waals surface area contributed by atoms with Crippen LogP contribution in [-0.4, -0.2) is 46.1 Å². The second kappa shape index (κ2) is 6.99. The topological polar surface area (TPSA) is 96.0 Å². The lowest BCUT2D eigenvalue weighted by Crippen LogP contribution is -2.17. The molecule has 0 aromatic heterocycles. The van der Waals surface area contributed by atoms with E-state index in [-0.39, 0.29) is 35.2 Å². The summed E-state index contributed by atoms with van der Waals surface area (Å²) < 4.78 is 37.7. The molecule has 1 atom stereocenters. The summed E-state index contributed by atoms with van der Waals surface area (Å²) in [5, 5.41) is 0. The molecule has 0 radical (unpaired) electrons. The quantitative estimate of drug-likeness (QED) is 0.586. The van der Waals surface area contributed by atoms with Crippen molar-refractivity contribution in [3.63, 3.8) is 0 Å². The van der Waals surface area contributed by atoms with E-state index >= 15 is 0 Å². The number of hydrogen-bond acceptors (Lipinski definition) is 7. The first-order valence-electron chi connectivity index (χ1n) is 7.02. The zero-order valence-corrected chi connectivity index (χ0v) is 13.7. The number of carbonyl (C=O) groups excluding carboxylic acids is 2. The monoisotopic (exact) mass is 342 g/mol. The van der Waals surface area contributed by atoms with Gasteiger partial charge in [0.05, 0.1) is 25.7 Å². The standard InChI is InChI=1S/C15H18O7S/c1-20-11-3-4-13(12(8-11)15(17)21-2)22-14(16)7-10-5-6-23(18,19)9-10/h3-4,8,10H,5-7,9H2,1-2H3/t10-/m1/s1. The Balaban J connectivity index is 2.10. The summed E-state index contributed by atoms with van der Waals surface area (Å²) in [5.41, 5.74) is 0.0687. The van der Waals surface area contributed by atoms with Gasteiger partial charge in [0.25, 0.3) is 0 Å². The van der Waals surface area contributed by atoms with E-state index in [9.17, 15) is 18.0 Å². The highest BCUT2D eigenvalue weighted by Crippen LogP contribution is 2.27. The van der Waals surface area contributed by atoms with Gasteiger partial charge in [0.2, 0.25) is 0 Å². The minimum absolute atomic E-state index is 0.00539. The van der Waals surface area contributed by atoms with Crippen LogP contribution in [0.2, 0.25) is 0 Å². The van der Waals surface area contributed by atoms with Gasteiger partial charge in [-0.15, -0.1) is 0 Å². The van der Waals surface area contributed by atoms with E-state index in [1.807, 2.05) is 0 Å². The molecule has 7 nitrogen and oxygen atoms in total. The van der Waals surface area contributed by atoms with Crippen LogP contribution in [0.1, 0.15) is 23.2 Å². The van der Waals surface area contributed by atoms with Crippen molar-refractivity contribution in [1.29, 1.82) is 0 Å². The van der Waals surface area contributed by atoms with E-state index in [0.717, 1.165) is 0 Å². The third-order valence-electron chi connectivity index (χ3n) is 3.60. The van der Waals surface area contributed by atoms with E-state index < -0.39 is 21.8 Å². The second-order valence-electron chi connectivity index (χ2n) is 5.30. The molecule has 0 bridgehead atoms. The first kappa shape index (κ1) is 17.3. The van der Waals surface area contributed by atoms with Gasteiger partial charge >= 0.3 is 11.9 Å². The van der Waals surface area contributed by atoms with Crippen LogP contribution in [0.4, 0.5) is 0 Å². The van der Waals surface area contributed by atoms with Gasteiger partial charge < -0.3 is 14.2 Å². The van der Waals surface area contributed by atoms with E-state index in [4.69, 9.17) is 9.47 Å². The Morgan fingerprint density at radius 2 is 2.00 bits per heavy atom. The summed E-state index contributed by atoms with van der Waals surface area (Å²) in [5.74, 6) is -0.907. The molecule has 1 aromatic rings. The highest BCUT2D eigenvalue weighted by Gasteiger charge is 2.30. The molecule has 1 aromatic carbocycles. The Bertz CT molecular complexity index is 709. The first-order chi connectivity index (χ1) is 10.8. The SMILES string of the molecule is COC(=O)c1cc(OC)ccc1OC(=O)C[C@H]1CCS(=O)(=O)C1. The van der Waals surface area contributed by atoms with E-state index in [0.29, 0.717) is 12.2 Å². The number of benzene rings is 1. The maximum absolute atomic E-state index is 12.0. The molecular weight excluding hydrogens is 324 g/mol. The molecule has 1 fully saturated rings. The molecule has 1 saturated heterocycles. The average molecular weight is 342 g/mol. The maximum atomic E-state index is 12.0. The zero-order valence-electron chi connectivity index (χ0n) is 12.9. The number of rotatable bonds is 5. The molecule has 126 valence electrons. The Labute approximate surface area is 134 Å². The van der Waals surface area contributed by atoms with Gasteiger partial charge in [-0.25, -0.2) is 13.2 Å². The van der Waals surface area contributed by atoms with Crippen LogP contribution in [0.15, 0.2) is 18.2 Å². The lowest BCUT2D eigenvalue weighted by atomic mass is 10.1. The largest absolute Gasteiger partial charge is 0.497 e. The second-order valence-corrected chi connectivity index (χ2v) is 7.53. The van der Waals surface area contributed by atoms with E-state index in [1.165, 1.54) is 26.4 Å². The minimum Gasteiger partial charge on any atom is -0.497 e. The van der Waals surface area contributed by atoms with E-state index in [2.05, 4.69) is 4.74 Å². The third kappa shape index (κ3) is 4.44. The van der Waals surface area contributed by atoms with Crippen LogP contribution in [0.3, 0.4) is 0 Å². The van der Waals surface area contributed by atoms with Crippen molar-refractivity contribution in [3.05, 3.63) is 23.8 Å². The van der Waals surface area contributed by atoms with Crippen LogP contribution in [-0.2, 0) is 19.4 Å². The lowest BCUT2D eigenvalue weighted by molar-refractivity contribution is -0.135. The molecule has 23 heavy (non-hydrogen) atoms. The summed E-state index contributed by atoms with van der Waals surface area (Å²) in [6.45, 7) is 0. The van der Waals surface area contributed by atoms with Crippen LogP contribution >= 0.6 is 0 Å². The normalized spacial score (nSPS) is 19.1. The van der Waals surface area contributed by atoms with Crippen LogP contribution < -0.4 is 9.47 Å². The van der Waals surface area contributed by atoms with Crippen LogP contribution in [0.25, 0.3) is 0 Å². The Kier molecular flexibility index (Phi) is 5.25. The predicted molar refractivity (Wildman–Crippen MR) is 81.3 cm³/mol. The molecule has 0 spiro atoms. The summed E-state index contributed by atoms with van der Waals surface area (Å²) >= 11 is 0. The smallest absolute Gasteiger partial charge is 0.341 e. The highest BCUT2D eigenvalue weighted by molar-refractivity contribution is 7.91. The predicted octanol–water partition coefficient (Wildman–Crippen LogP) is 1.21. The molecular formula is C15H18O7S. The first-order valence-corrected chi connectivity index (χ1v) is 8.84. The summed E-state index contributed by atoms with van der Waals surface area (Å²) in [6.07, 6.45) is 0.440. The molecule has 1 aliphatic rings. The van der Waals surface area contributed by atoms with Gasteiger partial charge in [-0.1, -0.05) is 0 Å². The van der Waals surface area contributed by atoms with Crippen molar-refractivity contribution in [1.82, 2.24) is 0 Å². The van der Waals surface area contributed by atoms with Gasteiger partial charge in [-0.3, -0.25) is 4.79 Å². The van der Waals surface area contributed by atoms with Crippen molar-refractivity contribution in [3.8, 4) is 11.5 Å². The van der Waals surface area contributed by atoms with Gasteiger partial charge in [-0.05, 0) is 30.5 Å². The summed E-state index contributed by atoms with van der Waals surface area (Å²) in [6, 6.07) is 4.40. The summed E-state index contributed by atoms with van der Waals surface area (Å²) in [4.78, 5) is 23.8. The zero-order chi connectivity index (χ0) is 17.0. The van der Waals surface area contributed by atoms with Crippen LogP contribution in [0, 0.1) is 5.92 Å². The molecule has 1 heterocycles. The molecule has 1 aliphatic heterocycles. The number of methoxy groups -OCH3 is 2. The summed E-state index contributed by atoms with van der Waals surface area (Å²) in [7, 11) is -0.381. The van der Waals surface area contributed by atoms with Gasteiger partial charge in [0, 0.05) is 6.42 Å². The van der Waals surface area contributed by atoms with Crippen molar-refractivity contribution in [2.45, 2.75) is 12.8 Å². The molecule has 8 heteroatoms. The fraction of sp³-hybridized carbons (Fsp3) is 0.467.